The van der Waals surface area contributed by atoms with Crippen LogP contribution in [0.2, 0.25) is 0 Å². The van der Waals surface area contributed by atoms with E-state index in [1.807, 2.05) is 0 Å². The molecule has 0 aliphatic rings. The standard InChI is InChI=1S/C62H40N2O/c1-3-20-49-41(14-1)16-12-25-51(49)43-30-34-46(35-31-43)63(47-36-32-44(33-37-47)52-26-13-17-42-15-2-4-21-50(42)52)59-39-38-56-55-24-7-10-29-60(55)65-62(56)61(59)45-18-11-19-48(40-45)64-57-27-8-5-22-53(57)54-23-6-9-28-58(54)64/h1-40H/i1D,2D,3D,4D,5D,6D,7D,8D,9D,10D,11D,12D,13D,14D,15D,16D,17D,18D,19D,20D,21D,22D,23D,24D,25D,26D,27D,28D,29D,30D,31D,32D,33D,34D,35D,36D,37D,38D,39D,40D. The Hall–Kier alpha value is -8.66. The monoisotopic (exact) mass is 869 g/mol. The highest BCUT2D eigenvalue weighted by Gasteiger charge is 2.24. The van der Waals surface area contributed by atoms with E-state index in [1.54, 1.807) is 0 Å². The van der Waals surface area contributed by atoms with Crippen LogP contribution < -0.4 is 4.90 Å². The van der Waals surface area contributed by atoms with Crippen LogP contribution in [0.15, 0.2) is 246 Å². The number of benzene rings is 11. The molecule has 3 heteroatoms. The lowest BCUT2D eigenvalue weighted by molar-refractivity contribution is 0.670. The molecule has 0 radical (unpaired) electrons. The molecule has 3 nitrogen and oxygen atoms in total. The van der Waals surface area contributed by atoms with Gasteiger partial charge in [0.15, 0.2) is 0 Å². The second kappa shape index (κ2) is 15.0. The fourth-order valence-electron chi connectivity index (χ4n) is 7.44. The average molecular weight is 869 g/mol. The van der Waals surface area contributed by atoms with Gasteiger partial charge in [0, 0.05) is 44.2 Å². The van der Waals surface area contributed by atoms with Crippen molar-refractivity contribution in [3.63, 3.8) is 0 Å². The molecular weight excluding hydrogens is 789 g/mol. The maximum atomic E-state index is 10.5. The summed E-state index contributed by atoms with van der Waals surface area (Å²) in [6.07, 6.45) is 0. The van der Waals surface area contributed by atoms with Gasteiger partial charge in [-0.25, -0.2) is 0 Å². The Morgan fingerprint density at radius 1 is 0.369 bits per heavy atom. The molecule has 0 aliphatic carbocycles. The fraction of sp³-hybridized carbons (Fsp3) is 0. The van der Waals surface area contributed by atoms with Crippen LogP contribution in [0.1, 0.15) is 54.8 Å². The van der Waals surface area contributed by atoms with E-state index < -0.39 is 363 Å². The first-order valence-electron chi connectivity index (χ1n) is 39.0. The first-order chi connectivity index (χ1) is 48.9. The van der Waals surface area contributed by atoms with E-state index >= 15 is 0 Å². The van der Waals surface area contributed by atoms with Crippen LogP contribution in [0.25, 0.3) is 104 Å². The molecule has 11 aromatic carbocycles. The van der Waals surface area contributed by atoms with Crippen LogP contribution in [0.4, 0.5) is 17.1 Å². The molecule has 0 unspecified atom stereocenters. The quantitative estimate of drug-likeness (QED) is 0.159. The summed E-state index contributed by atoms with van der Waals surface area (Å²) >= 11 is 0. The molecule has 0 N–H and O–H groups in total. The third-order valence-corrected chi connectivity index (χ3v) is 10.2. The summed E-state index contributed by atoms with van der Waals surface area (Å²) < 4.78 is 378. The van der Waals surface area contributed by atoms with Crippen LogP contribution >= 0.6 is 0 Å². The smallest absolute Gasteiger partial charge is 0.145 e. The van der Waals surface area contributed by atoms with E-state index in [9.17, 15) is 26.0 Å². The molecule has 0 saturated heterocycles. The van der Waals surface area contributed by atoms with E-state index in [2.05, 4.69) is 0 Å². The van der Waals surface area contributed by atoms with Crippen molar-refractivity contribution in [3.8, 4) is 39.1 Å². The minimum Gasteiger partial charge on any atom is -0.455 e. The first-order valence-corrected chi connectivity index (χ1v) is 19.0. The van der Waals surface area contributed by atoms with Gasteiger partial charge in [0.1, 0.15) is 11.2 Å². The maximum Gasteiger partial charge on any atom is 0.145 e. The molecule has 2 aromatic heterocycles. The Morgan fingerprint density at radius 3 is 1.46 bits per heavy atom. The molecule has 0 spiro atoms. The van der Waals surface area contributed by atoms with Gasteiger partial charge in [-0.15, -0.1) is 0 Å². The summed E-state index contributed by atoms with van der Waals surface area (Å²) in [7, 11) is 0. The Morgan fingerprint density at radius 2 is 0.862 bits per heavy atom. The van der Waals surface area contributed by atoms with Crippen LogP contribution in [0, 0.1) is 0 Å². The van der Waals surface area contributed by atoms with Gasteiger partial charge >= 0.3 is 0 Å². The Balaban J connectivity index is 1.31. The first kappa shape index (κ1) is 14.7. The lowest BCUT2D eigenvalue weighted by atomic mass is 9.96. The largest absolute Gasteiger partial charge is 0.455 e. The summed E-state index contributed by atoms with van der Waals surface area (Å²) in [4.78, 5) is 0.194. The van der Waals surface area contributed by atoms with Crippen molar-refractivity contribution in [2.45, 2.75) is 0 Å². The van der Waals surface area contributed by atoms with Crippen molar-refractivity contribution in [2.75, 3.05) is 4.90 Å². The Kier molecular flexibility index (Phi) is 3.39. The topological polar surface area (TPSA) is 21.3 Å². The number of nitrogens with zero attached hydrogens (tertiary/aromatic N) is 2. The van der Waals surface area contributed by atoms with Gasteiger partial charge in [-0.1, -0.05) is 175 Å². The Labute approximate surface area is 432 Å². The van der Waals surface area contributed by atoms with E-state index in [0.29, 0.717) is 4.57 Å². The number of rotatable bonds is 7. The third kappa shape index (κ3) is 6.05. The van der Waals surface area contributed by atoms with E-state index in [-0.39, 0.29) is 4.90 Å². The second-order valence-corrected chi connectivity index (χ2v) is 13.8. The van der Waals surface area contributed by atoms with Gasteiger partial charge in [0.25, 0.3) is 0 Å². The SMILES string of the molecule is [2H]c1c([2H])c(-c2c(N(c3c([2H])c([2H])c(-c4c([2H])c([2H])c([2H])c5c([2H])c([2H])c([2H])c([2H])c45)c([2H])c3[2H])c3c([2H])c([2H])c(-c4c([2H])c([2H])c([2H])c5c([2H])c([2H])c([2H])c([2H])c45)c([2H])c3[2H])c([2H])c([2H])c3c2oc2c([2H])c([2H])c([2H])c([2H])c23)c([2H])c(-n2c3c([2H])c([2H])c([2H])c([2H])c3c3c([2H])c([2H])c([2H])c([2H])c32)c1[2H]. The summed E-state index contributed by atoms with van der Waals surface area (Å²) in [5.41, 5.74) is -15.4. The maximum absolute atomic E-state index is 10.5. The summed E-state index contributed by atoms with van der Waals surface area (Å²) in [6, 6.07) is -45.9. The van der Waals surface area contributed by atoms with Gasteiger partial charge < -0.3 is 13.9 Å². The Bertz CT molecular complexity index is 6010. The van der Waals surface area contributed by atoms with Gasteiger partial charge in [-0.2, -0.15) is 0 Å². The van der Waals surface area contributed by atoms with E-state index in [0.717, 1.165) is 0 Å². The zero-order valence-electron chi connectivity index (χ0n) is 72.3. The lowest BCUT2D eigenvalue weighted by Gasteiger charge is -2.28. The lowest BCUT2D eigenvalue weighted by Crippen LogP contribution is -2.11. The third-order valence-electron chi connectivity index (χ3n) is 10.2. The molecule has 2 heterocycles. The predicted molar refractivity (Wildman–Crippen MR) is 274 cm³/mol. The normalized spacial score (nSPS) is 20.3. The van der Waals surface area contributed by atoms with Gasteiger partial charge in [0.2, 0.25) is 0 Å². The summed E-state index contributed by atoms with van der Waals surface area (Å²) in [6.45, 7) is 0. The number of para-hydroxylation sites is 3. The summed E-state index contributed by atoms with van der Waals surface area (Å²) in [5, 5.41) is -6.04. The van der Waals surface area contributed by atoms with E-state index in [1.165, 1.54) is 0 Å². The number of hydrogen-bond acceptors (Lipinski definition) is 2. The zero-order valence-corrected chi connectivity index (χ0v) is 32.3. The van der Waals surface area contributed by atoms with Gasteiger partial charge in [0.05, 0.1) is 71.6 Å². The van der Waals surface area contributed by atoms with Crippen molar-refractivity contribution in [2.24, 2.45) is 0 Å². The van der Waals surface area contributed by atoms with Crippen molar-refractivity contribution < 1.29 is 59.2 Å². The van der Waals surface area contributed by atoms with E-state index in [4.69, 9.17) is 33.2 Å². The molecule has 0 atom stereocenters. The van der Waals surface area contributed by atoms with Crippen molar-refractivity contribution in [1.82, 2.24) is 4.57 Å². The molecule has 13 aromatic rings. The minimum atomic E-state index is -1.50. The molecule has 0 bridgehead atoms. The predicted octanol–water partition coefficient (Wildman–Crippen LogP) is 17.5. The minimum absolute atomic E-state index is 0.194. The molecular formula is C62H40N2O. The molecule has 13 rings (SSSR count). The highest BCUT2D eigenvalue weighted by atomic mass is 16.3. The molecule has 304 valence electrons. The number of aromatic nitrogens is 1. The van der Waals surface area contributed by atoms with Crippen molar-refractivity contribution in [1.29, 1.82) is 0 Å². The number of anilines is 3. The number of fused-ring (bicyclic) bond motifs is 8. The van der Waals surface area contributed by atoms with Crippen molar-refractivity contribution >= 4 is 82.4 Å². The van der Waals surface area contributed by atoms with Crippen LogP contribution in [-0.4, -0.2) is 4.57 Å². The second-order valence-electron chi connectivity index (χ2n) is 13.8. The highest BCUT2D eigenvalue weighted by Crippen LogP contribution is 2.48. The molecule has 65 heavy (non-hydrogen) atoms. The fourth-order valence-corrected chi connectivity index (χ4v) is 7.44. The summed E-state index contributed by atoms with van der Waals surface area (Å²) in [5.74, 6) is 0. The van der Waals surface area contributed by atoms with Crippen LogP contribution in [0.3, 0.4) is 0 Å². The number of hydrogen-bond donors (Lipinski definition) is 0. The highest BCUT2D eigenvalue weighted by molar-refractivity contribution is 6.14. The van der Waals surface area contributed by atoms with Gasteiger partial charge in [-0.3, -0.25) is 0 Å². The van der Waals surface area contributed by atoms with Crippen molar-refractivity contribution in [3.05, 3.63) is 242 Å². The van der Waals surface area contributed by atoms with Crippen LogP contribution in [-0.2, 0) is 0 Å². The molecule has 0 saturated carbocycles. The molecule has 0 fully saturated rings. The average Bonchev–Trinajstić information content (AvgIpc) is 1.63. The van der Waals surface area contributed by atoms with Gasteiger partial charge in [-0.05, 0) is 116 Å². The van der Waals surface area contributed by atoms with Crippen LogP contribution in [0.5, 0.6) is 0 Å². The molecule has 0 amide bonds. The zero-order chi connectivity index (χ0) is 77.7. The molecule has 0 aliphatic heterocycles. The number of furan rings is 1.